The van der Waals surface area contributed by atoms with E-state index in [-0.39, 0.29) is 6.61 Å². The van der Waals surface area contributed by atoms with Crippen molar-refractivity contribution < 1.29 is 5.11 Å². The summed E-state index contributed by atoms with van der Waals surface area (Å²) in [5.74, 6) is 3.23. The van der Waals surface area contributed by atoms with Gasteiger partial charge in [0.2, 0.25) is 0 Å². The van der Waals surface area contributed by atoms with E-state index >= 15 is 0 Å². The molecule has 1 fully saturated rings. The number of aliphatic hydroxyl groups is 1. The second-order valence-electron chi connectivity index (χ2n) is 4.01. The summed E-state index contributed by atoms with van der Waals surface area (Å²) < 4.78 is 0. The Balaban J connectivity index is 1.72. The molecule has 0 atom stereocenters. The zero-order valence-electron chi connectivity index (χ0n) is 8.78. The lowest BCUT2D eigenvalue weighted by Crippen LogP contribution is -2.43. The molecular formula is C12H17NOS. The fraction of sp³-hybridized carbons (Fsp3) is 0.500. The number of hydrogen-bond donors (Lipinski definition) is 2. The van der Waals surface area contributed by atoms with Crippen LogP contribution < -0.4 is 5.32 Å². The average Bonchev–Trinajstić information content (AvgIpc) is 2.23. The van der Waals surface area contributed by atoms with Gasteiger partial charge in [-0.3, -0.25) is 0 Å². The van der Waals surface area contributed by atoms with E-state index in [0.717, 1.165) is 17.2 Å². The van der Waals surface area contributed by atoms with Crippen molar-refractivity contribution in [2.45, 2.75) is 12.4 Å². The van der Waals surface area contributed by atoms with Crippen molar-refractivity contribution in [1.29, 1.82) is 0 Å². The third kappa shape index (κ3) is 3.23. The molecule has 0 saturated carbocycles. The van der Waals surface area contributed by atoms with Gasteiger partial charge in [-0.25, -0.2) is 0 Å². The Labute approximate surface area is 95.1 Å². The second kappa shape index (κ2) is 5.54. The fourth-order valence-electron chi connectivity index (χ4n) is 1.55. The fourth-order valence-corrected chi connectivity index (χ4v) is 2.67. The van der Waals surface area contributed by atoms with Crippen LogP contribution in [0.15, 0.2) is 24.3 Å². The molecule has 1 saturated heterocycles. The summed E-state index contributed by atoms with van der Waals surface area (Å²) in [6.45, 7) is 2.52. The minimum atomic E-state index is 0.140. The minimum Gasteiger partial charge on any atom is -0.392 e. The van der Waals surface area contributed by atoms with Crippen molar-refractivity contribution in [3.63, 3.8) is 0 Å². The maximum atomic E-state index is 8.90. The molecule has 0 bridgehead atoms. The number of hydrogen-bond acceptors (Lipinski definition) is 3. The van der Waals surface area contributed by atoms with Gasteiger partial charge in [0.15, 0.2) is 0 Å². The predicted octanol–water partition coefficient (Wildman–Crippen LogP) is 1.63. The summed E-state index contributed by atoms with van der Waals surface area (Å²) in [6, 6.07) is 8.22. The Bertz CT molecular complexity index is 295. The number of aliphatic hydroxyl groups excluding tert-OH is 1. The van der Waals surface area contributed by atoms with Crippen LogP contribution in [0.1, 0.15) is 11.1 Å². The van der Waals surface area contributed by atoms with Crippen molar-refractivity contribution in [2.24, 2.45) is 5.92 Å². The lowest BCUT2D eigenvalue weighted by atomic mass is 10.1. The van der Waals surface area contributed by atoms with Crippen molar-refractivity contribution in [3.05, 3.63) is 35.4 Å². The predicted molar refractivity (Wildman–Crippen MR) is 64.9 cm³/mol. The van der Waals surface area contributed by atoms with Crippen molar-refractivity contribution in [1.82, 2.24) is 5.32 Å². The lowest BCUT2D eigenvalue weighted by molar-refractivity contribution is 0.282. The van der Waals surface area contributed by atoms with Crippen LogP contribution in [0, 0.1) is 5.92 Å². The van der Waals surface area contributed by atoms with Gasteiger partial charge < -0.3 is 10.4 Å². The highest BCUT2D eigenvalue weighted by atomic mass is 32.2. The third-order valence-corrected chi connectivity index (χ3v) is 3.94. The molecule has 82 valence electrons. The molecule has 2 N–H and O–H groups in total. The van der Waals surface area contributed by atoms with E-state index in [1.165, 1.54) is 24.4 Å². The molecule has 0 unspecified atom stereocenters. The summed E-state index contributed by atoms with van der Waals surface area (Å²) in [5, 5.41) is 12.2. The maximum Gasteiger partial charge on any atom is 0.0681 e. The summed E-state index contributed by atoms with van der Waals surface area (Å²) in [5.41, 5.74) is 2.34. The van der Waals surface area contributed by atoms with Crippen LogP contribution in [-0.2, 0) is 12.4 Å². The Morgan fingerprint density at radius 1 is 1.20 bits per heavy atom. The van der Waals surface area contributed by atoms with E-state index in [0.29, 0.717) is 0 Å². The largest absolute Gasteiger partial charge is 0.392 e. The molecule has 0 aromatic heterocycles. The van der Waals surface area contributed by atoms with E-state index in [2.05, 4.69) is 17.4 Å². The van der Waals surface area contributed by atoms with Gasteiger partial charge in [-0.2, -0.15) is 11.8 Å². The van der Waals surface area contributed by atoms with Crippen LogP contribution in [0.3, 0.4) is 0 Å². The quantitative estimate of drug-likeness (QED) is 0.796. The van der Waals surface area contributed by atoms with Crippen LogP contribution in [0.2, 0.25) is 0 Å². The summed E-state index contributed by atoms with van der Waals surface area (Å²) in [7, 11) is 0. The Hall–Kier alpha value is -0.510. The molecule has 2 rings (SSSR count). The number of benzene rings is 1. The van der Waals surface area contributed by atoms with E-state index in [4.69, 9.17) is 5.11 Å². The summed E-state index contributed by atoms with van der Waals surface area (Å²) >= 11 is 2.00. The van der Waals surface area contributed by atoms with Crippen LogP contribution in [0.4, 0.5) is 0 Å². The van der Waals surface area contributed by atoms with E-state index in [9.17, 15) is 0 Å². The van der Waals surface area contributed by atoms with Crippen LogP contribution in [0.5, 0.6) is 0 Å². The zero-order chi connectivity index (χ0) is 10.5. The van der Waals surface area contributed by atoms with Crippen molar-refractivity contribution in [3.8, 4) is 0 Å². The van der Waals surface area contributed by atoms with Crippen LogP contribution in [-0.4, -0.2) is 23.9 Å². The highest BCUT2D eigenvalue weighted by Gasteiger charge is 2.15. The van der Waals surface area contributed by atoms with E-state index in [1.54, 1.807) is 0 Å². The van der Waals surface area contributed by atoms with Gasteiger partial charge in [-0.1, -0.05) is 24.3 Å². The molecule has 0 aliphatic carbocycles. The van der Waals surface area contributed by atoms with E-state index < -0.39 is 0 Å². The first-order valence-electron chi connectivity index (χ1n) is 5.35. The van der Waals surface area contributed by atoms with Gasteiger partial charge in [-0.15, -0.1) is 0 Å². The standard InChI is InChI=1S/C12H17NOS/c14-7-10-1-3-11(4-2-10)8-15-9-12-5-13-6-12/h1-4,12-14H,5-9H2. The highest BCUT2D eigenvalue weighted by Crippen LogP contribution is 2.18. The van der Waals surface area contributed by atoms with Gasteiger partial charge in [0.05, 0.1) is 6.61 Å². The van der Waals surface area contributed by atoms with Crippen LogP contribution >= 0.6 is 11.8 Å². The zero-order valence-corrected chi connectivity index (χ0v) is 9.59. The van der Waals surface area contributed by atoms with Gasteiger partial charge >= 0.3 is 0 Å². The van der Waals surface area contributed by atoms with Gasteiger partial charge in [-0.05, 0) is 35.9 Å². The summed E-state index contributed by atoms with van der Waals surface area (Å²) in [6.07, 6.45) is 0. The molecule has 3 heteroatoms. The summed E-state index contributed by atoms with van der Waals surface area (Å²) in [4.78, 5) is 0. The number of thioether (sulfide) groups is 1. The second-order valence-corrected chi connectivity index (χ2v) is 5.04. The maximum absolute atomic E-state index is 8.90. The monoisotopic (exact) mass is 223 g/mol. The average molecular weight is 223 g/mol. The topological polar surface area (TPSA) is 32.3 Å². The van der Waals surface area contributed by atoms with E-state index in [1.807, 2.05) is 23.9 Å². The third-order valence-electron chi connectivity index (χ3n) is 2.69. The van der Waals surface area contributed by atoms with Crippen molar-refractivity contribution in [2.75, 3.05) is 18.8 Å². The van der Waals surface area contributed by atoms with Crippen LogP contribution in [0.25, 0.3) is 0 Å². The molecule has 0 radical (unpaired) electrons. The number of rotatable bonds is 5. The molecule has 0 spiro atoms. The number of nitrogens with one attached hydrogen (secondary N) is 1. The minimum absolute atomic E-state index is 0.140. The SMILES string of the molecule is OCc1ccc(CSCC2CNC2)cc1. The van der Waals surface area contributed by atoms with Gasteiger partial charge in [0.25, 0.3) is 0 Å². The lowest BCUT2D eigenvalue weighted by Gasteiger charge is -2.26. The normalized spacial score (nSPS) is 16.3. The van der Waals surface area contributed by atoms with Crippen molar-refractivity contribution >= 4 is 11.8 Å². The first-order valence-corrected chi connectivity index (χ1v) is 6.51. The molecule has 1 aliphatic heterocycles. The molecule has 15 heavy (non-hydrogen) atoms. The molecule has 1 aromatic carbocycles. The Morgan fingerprint density at radius 3 is 2.40 bits per heavy atom. The van der Waals surface area contributed by atoms with Gasteiger partial charge in [0, 0.05) is 5.75 Å². The smallest absolute Gasteiger partial charge is 0.0681 e. The first kappa shape index (κ1) is 11.0. The molecule has 1 aliphatic rings. The first-order chi connectivity index (χ1) is 7.38. The van der Waals surface area contributed by atoms with Gasteiger partial charge in [0.1, 0.15) is 0 Å². The molecule has 0 amide bonds. The highest BCUT2D eigenvalue weighted by molar-refractivity contribution is 7.98. The molecule has 1 aromatic rings. The molecule has 1 heterocycles. The Kier molecular flexibility index (Phi) is 4.06. The Morgan fingerprint density at radius 2 is 1.87 bits per heavy atom. The molecule has 2 nitrogen and oxygen atoms in total. The molecular weight excluding hydrogens is 206 g/mol.